The van der Waals surface area contributed by atoms with Crippen molar-refractivity contribution in [3.63, 3.8) is 0 Å². The van der Waals surface area contributed by atoms with Crippen molar-refractivity contribution in [3.8, 4) is 5.88 Å². The molecule has 1 aromatic heterocycles. The highest BCUT2D eigenvalue weighted by atomic mass is 127. The molecule has 15 heavy (non-hydrogen) atoms. The summed E-state index contributed by atoms with van der Waals surface area (Å²) in [6.45, 7) is -0.445. The molecule has 0 fully saturated rings. The van der Waals surface area contributed by atoms with Crippen LogP contribution in [0.1, 0.15) is 0 Å². The summed E-state index contributed by atoms with van der Waals surface area (Å²) in [4.78, 5) is 0. The zero-order valence-corrected chi connectivity index (χ0v) is 10.4. The van der Waals surface area contributed by atoms with Gasteiger partial charge in [-0.2, -0.15) is 0 Å². The van der Waals surface area contributed by atoms with Crippen molar-refractivity contribution in [1.29, 1.82) is 0 Å². The number of halogens is 2. The smallest absolute Gasteiger partial charge is 0.240 e. The van der Waals surface area contributed by atoms with Crippen molar-refractivity contribution in [2.75, 3.05) is 13.3 Å². The molecule has 0 N–H and O–H groups in total. The largest absolute Gasteiger partial charge is 0.473 e. The molecule has 0 unspecified atom stereocenters. The van der Waals surface area contributed by atoms with Gasteiger partial charge in [0, 0.05) is 10.6 Å². The molecule has 0 spiro atoms. The number of aromatic nitrogens is 2. The first kappa shape index (κ1) is 10.7. The van der Waals surface area contributed by atoms with E-state index in [1.807, 2.05) is 25.2 Å². The van der Waals surface area contributed by atoms with E-state index >= 15 is 0 Å². The van der Waals surface area contributed by atoms with Gasteiger partial charge < -0.3 is 4.74 Å². The van der Waals surface area contributed by atoms with Gasteiger partial charge in [-0.15, -0.1) is 5.10 Å². The van der Waals surface area contributed by atoms with Crippen LogP contribution in [0.4, 0.5) is 4.39 Å². The second-order valence-electron chi connectivity index (χ2n) is 3.13. The summed E-state index contributed by atoms with van der Waals surface area (Å²) < 4.78 is 20.1. The van der Waals surface area contributed by atoms with E-state index in [4.69, 9.17) is 4.74 Å². The van der Waals surface area contributed by atoms with Crippen LogP contribution < -0.4 is 4.74 Å². The summed E-state index contributed by atoms with van der Waals surface area (Å²) in [7, 11) is 1.84. The molecule has 3 nitrogen and oxygen atoms in total. The lowest BCUT2D eigenvalue weighted by Gasteiger charge is -1.98. The molecule has 0 aliphatic carbocycles. The first-order valence-corrected chi connectivity index (χ1v) is 5.61. The molecule has 0 saturated heterocycles. The van der Waals surface area contributed by atoms with Crippen molar-refractivity contribution in [2.24, 2.45) is 7.05 Å². The van der Waals surface area contributed by atoms with E-state index in [9.17, 15) is 4.39 Å². The number of benzene rings is 1. The second-order valence-corrected chi connectivity index (χ2v) is 4.37. The lowest BCUT2D eigenvalue weighted by Crippen LogP contribution is -2.00. The number of nitrogens with zero attached hydrogens (tertiary/aromatic N) is 2. The van der Waals surface area contributed by atoms with Gasteiger partial charge in [0.1, 0.15) is 13.3 Å². The quantitative estimate of drug-likeness (QED) is 0.813. The van der Waals surface area contributed by atoms with Gasteiger partial charge in [-0.05, 0) is 40.8 Å². The van der Waals surface area contributed by atoms with Gasteiger partial charge in [0.25, 0.3) is 0 Å². The van der Waals surface area contributed by atoms with Crippen LogP contribution >= 0.6 is 22.6 Å². The third-order valence-electron chi connectivity index (χ3n) is 2.09. The zero-order chi connectivity index (χ0) is 10.8. The van der Waals surface area contributed by atoms with Crippen LogP contribution in [0.25, 0.3) is 10.9 Å². The average Bonchev–Trinajstić information content (AvgIpc) is 2.52. The molecule has 0 saturated carbocycles. The third-order valence-corrected chi connectivity index (χ3v) is 2.77. The van der Waals surface area contributed by atoms with Gasteiger partial charge in [0.05, 0.1) is 10.9 Å². The molecule has 0 aliphatic rings. The first-order chi connectivity index (χ1) is 7.22. The van der Waals surface area contributed by atoms with Gasteiger partial charge >= 0.3 is 0 Å². The van der Waals surface area contributed by atoms with Gasteiger partial charge in [-0.3, -0.25) is 4.68 Å². The number of aryl methyl sites for hydroxylation is 1. The van der Waals surface area contributed by atoms with Crippen LogP contribution in [0.2, 0.25) is 0 Å². The average molecular weight is 320 g/mol. The highest BCUT2D eigenvalue weighted by Crippen LogP contribution is 2.25. The fourth-order valence-electron chi connectivity index (χ4n) is 1.45. The number of hydrogen-bond donors (Lipinski definition) is 0. The molecule has 2 rings (SSSR count). The number of alkyl halides is 1. The number of ether oxygens (including phenoxy) is 1. The summed E-state index contributed by atoms with van der Waals surface area (Å²) in [5.41, 5.74) is 0.990. The maximum atomic E-state index is 12.0. The maximum absolute atomic E-state index is 12.0. The Labute approximate surface area is 100 Å². The predicted molar refractivity (Wildman–Crippen MR) is 64.9 cm³/mol. The monoisotopic (exact) mass is 320 g/mol. The molecule has 5 heteroatoms. The molecule has 0 bridgehead atoms. The molecule has 1 aromatic carbocycles. The molecule has 0 aliphatic heterocycles. The second kappa shape index (κ2) is 4.34. The molecule has 0 radical (unpaired) electrons. The van der Waals surface area contributed by atoms with Crippen LogP contribution in [-0.4, -0.2) is 23.1 Å². The highest BCUT2D eigenvalue weighted by Gasteiger charge is 2.09. The SMILES string of the molecule is Cn1nc(OCCF)c2cc(I)ccc21. The minimum absolute atomic E-state index is 0.0532. The van der Waals surface area contributed by atoms with Gasteiger partial charge in [-0.1, -0.05) is 0 Å². The highest BCUT2D eigenvalue weighted by molar-refractivity contribution is 14.1. The third kappa shape index (κ3) is 2.06. The Morgan fingerprint density at radius 2 is 2.33 bits per heavy atom. The van der Waals surface area contributed by atoms with E-state index in [0.29, 0.717) is 5.88 Å². The first-order valence-electron chi connectivity index (χ1n) is 4.53. The van der Waals surface area contributed by atoms with E-state index in [1.54, 1.807) is 4.68 Å². The summed E-state index contributed by atoms with van der Waals surface area (Å²) in [6.07, 6.45) is 0. The normalized spacial score (nSPS) is 10.9. The van der Waals surface area contributed by atoms with Crippen LogP contribution in [0.5, 0.6) is 5.88 Å². The summed E-state index contributed by atoms with van der Waals surface area (Å²) in [5.74, 6) is 0.503. The molecule has 2 aromatic rings. The van der Waals surface area contributed by atoms with E-state index in [2.05, 4.69) is 27.7 Å². The number of fused-ring (bicyclic) bond motifs is 1. The summed E-state index contributed by atoms with van der Waals surface area (Å²) in [6, 6.07) is 5.96. The molecule has 0 amide bonds. The van der Waals surface area contributed by atoms with Crippen molar-refractivity contribution in [2.45, 2.75) is 0 Å². The van der Waals surface area contributed by atoms with Crippen molar-refractivity contribution < 1.29 is 9.13 Å². The fourth-order valence-corrected chi connectivity index (χ4v) is 1.94. The van der Waals surface area contributed by atoms with Crippen LogP contribution in [-0.2, 0) is 7.05 Å². The molecular formula is C10H10FIN2O. The number of hydrogen-bond acceptors (Lipinski definition) is 2. The minimum atomic E-state index is -0.498. The van der Waals surface area contributed by atoms with E-state index in [1.165, 1.54) is 0 Å². The lowest BCUT2D eigenvalue weighted by atomic mass is 10.2. The summed E-state index contributed by atoms with van der Waals surface area (Å²) >= 11 is 2.22. The number of rotatable bonds is 3. The van der Waals surface area contributed by atoms with Crippen molar-refractivity contribution in [1.82, 2.24) is 9.78 Å². The summed E-state index contributed by atoms with van der Waals surface area (Å²) in [5, 5.41) is 5.12. The topological polar surface area (TPSA) is 27.1 Å². The van der Waals surface area contributed by atoms with Gasteiger partial charge in [0.2, 0.25) is 5.88 Å². The van der Waals surface area contributed by atoms with Crippen molar-refractivity contribution >= 4 is 33.5 Å². The predicted octanol–water partition coefficient (Wildman–Crippen LogP) is 2.53. The Morgan fingerprint density at radius 3 is 3.07 bits per heavy atom. The Balaban J connectivity index is 2.49. The van der Waals surface area contributed by atoms with Gasteiger partial charge in [0.15, 0.2) is 0 Å². The zero-order valence-electron chi connectivity index (χ0n) is 8.20. The Bertz CT molecular complexity index is 483. The molecule has 80 valence electrons. The molecule has 0 atom stereocenters. The van der Waals surface area contributed by atoms with E-state index in [0.717, 1.165) is 14.5 Å². The molecular weight excluding hydrogens is 310 g/mol. The van der Waals surface area contributed by atoms with Crippen molar-refractivity contribution in [3.05, 3.63) is 21.8 Å². The lowest BCUT2D eigenvalue weighted by molar-refractivity contribution is 0.265. The van der Waals surface area contributed by atoms with E-state index in [-0.39, 0.29) is 6.61 Å². The van der Waals surface area contributed by atoms with Crippen LogP contribution in [0, 0.1) is 3.57 Å². The fraction of sp³-hybridized carbons (Fsp3) is 0.300. The Hall–Kier alpha value is -0.850. The van der Waals surface area contributed by atoms with Gasteiger partial charge in [-0.25, -0.2) is 4.39 Å². The van der Waals surface area contributed by atoms with Crippen LogP contribution in [0.15, 0.2) is 18.2 Å². The minimum Gasteiger partial charge on any atom is -0.473 e. The Morgan fingerprint density at radius 1 is 1.53 bits per heavy atom. The van der Waals surface area contributed by atoms with Crippen LogP contribution in [0.3, 0.4) is 0 Å². The standard InChI is InChI=1S/C10H10FIN2O/c1-14-9-3-2-7(12)6-8(9)10(13-14)15-5-4-11/h2-3,6H,4-5H2,1H3. The maximum Gasteiger partial charge on any atom is 0.240 e. The Kier molecular flexibility index (Phi) is 3.08. The van der Waals surface area contributed by atoms with E-state index < -0.39 is 6.67 Å². The molecule has 1 heterocycles.